The molecule has 0 radical (unpaired) electrons. The lowest BCUT2D eigenvalue weighted by atomic mass is 9.96. The van der Waals surface area contributed by atoms with Crippen LogP contribution in [0.4, 0.5) is 0 Å². The molecule has 1 unspecified atom stereocenters. The third kappa shape index (κ3) is 2.43. The van der Waals surface area contributed by atoms with E-state index < -0.39 is 11.8 Å². The van der Waals surface area contributed by atoms with Crippen molar-refractivity contribution in [1.29, 1.82) is 0 Å². The molecule has 4 nitrogen and oxygen atoms in total. The summed E-state index contributed by atoms with van der Waals surface area (Å²) in [5, 5.41) is 25.6. The quantitative estimate of drug-likeness (QED) is 0.410. The molecular formula is C6H12O4. The van der Waals surface area contributed by atoms with Crippen LogP contribution in [0.1, 0.15) is 0 Å². The fraction of sp³-hybridized carbons (Fsp3) is 0.833. The summed E-state index contributed by atoms with van der Waals surface area (Å²) in [6.07, 6.45) is 0.539. The van der Waals surface area contributed by atoms with Gasteiger partial charge in [0.1, 0.15) is 6.29 Å². The average Bonchev–Trinajstić information content (AvgIpc) is 2.00. The van der Waals surface area contributed by atoms with Crippen molar-refractivity contribution in [3.05, 3.63) is 0 Å². The van der Waals surface area contributed by atoms with E-state index in [0.717, 1.165) is 0 Å². The van der Waals surface area contributed by atoms with E-state index in [1.807, 2.05) is 0 Å². The van der Waals surface area contributed by atoms with E-state index in [2.05, 4.69) is 0 Å². The molecule has 0 aromatic heterocycles. The molecule has 0 saturated carbocycles. The predicted molar refractivity (Wildman–Crippen MR) is 34.3 cm³/mol. The molecule has 0 heterocycles. The van der Waals surface area contributed by atoms with Crippen molar-refractivity contribution in [2.24, 2.45) is 11.8 Å². The fourth-order valence-electron chi connectivity index (χ4n) is 0.632. The minimum atomic E-state index is -0.644. The Hall–Kier alpha value is -0.450. The van der Waals surface area contributed by atoms with Crippen LogP contribution in [0, 0.1) is 11.8 Å². The Morgan fingerprint density at radius 3 is 1.70 bits per heavy atom. The van der Waals surface area contributed by atoms with Crippen molar-refractivity contribution < 1.29 is 20.1 Å². The molecule has 0 aromatic carbocycles. The van der Waals surface area contributed by atoms with Crippen molar-refractivity contribution >= 4 is 6.29 Å². The summed E-state index contributed by atoms with van der Waals surface area (Å²) in [5.41, 5.74) is 0. The second-order valence-corrected chi connectivity index (χ2v) is 2.11. The maximum Gasteiger partial charge on any atom is 0.125 e. The lowest BCUT2D eigenvalue weighted by molar-refractivity contribution is -0.115. The van der Waals surface area contributed by atoms with E-state index >= 15 is 0 Å². The highest BCUT2D eigenvalue weighted by Gasteiger charge is 2.17. The van der Waals surface area contributed by atoms with Gasteiger partial charge in [-0.3, -0.25) is 0 Å². The van der Waals surface area contributed by atoms with Crippen molar-refractivity contribution in [2.45, 2.75) is 0 Å². The van der Waals surface area contributed by atoms with Gasteiger partial charge in [0.15, 0.2) is 0 Å². The number of carbonyl (C=O) groups excluding carboxylic acids is 1. The van der Waals surface area contributed by atoms with Gasteiger partial charge in [0.2, 0.25) is 0 Å². The molecule has 0 rings (SSSR count). The van der Waals surface area contributed by atoms with Gasteiger partial charge in [-0.15, -0.1) is 0 Å². The summed E-state index contributed by atoms with van der Waals surface area (Å²) in [7, 11) is 0. The molecule has 0 aliphatic carbocycles. The Balaban J connectivity index is 3.81. The van der Waals surface area contributed by atoms with Crippen LogP contribution in [-0.2, 0) is 4.79 Å². The number of aliphatic hydroxyl groups excluding tert-OH is 3. The SMILES string of the molecule is O=CC(CO)C(CO)CO. The largest absolute Gasteiger partial charge is 0.396 e. The van der Waals surface area contributed by atoms with Crippen LogP contribution in [0.25, 0.3) is 0 Å². The standard InChI is InChI=1S/C6H12O4/c7-1-5(2-8)6(3-9)4-10/h1,5-6,8-10H,2-4H2. The summed E-state index contributed by atoms with van der Waals surface area (Å²) < 4.78 is 0. The Kier molecular flexibility index (Phi) is 5.10. The number of hydrogen-bond acceptors (Lipinski definition) is 4. The smallest absolute Gasteiger partial charge is 0.125 e. The van der Waals surface area contributed by atoms with Crippen LogP contribution >= 0.6 is 0 Å². The Bertz CT molecular complexity index is 89.7. The van der Waals surface area contributed by atoms with Crippen LogP contribution in [0.5, 0.6) is 0 Å². The third-order valence-corrected chi connectivity index (χ3v) is 1.46. The van der Waals surface area contributed by atoms with Crippen LogP contribution < -0.4 is 0 Å². The highest BCUT2D eigenvalue weighted by atomic mass is 16.3. The second-order valence-electron chi connectivity index (χ2n) is 2.11. The lowest BCUT2D eigenvalue weighted by Gasteiger charge is -2.14. The van der Waals surface area contributed by atoms with Crippen molar-refractivity contribution in [2.75, 3.05) is 19.8 Å². The van der Waals surface area contributed by atoms with Crippen molar-refractivity contribution in [3.8, 4) is 0 Å². The molecule has 60 valence electrons. The van der Waals surface area contributed by atoms with Crippen molar-refractivity contribution in [3.63, 3.8) is 0 Å². The number of aliphatic hydroxyl groups is 3. The zero-order chi connectivity index (χ0) is 7.98. The lowest BCUT2D eigenvalue weighted by Crippen LogP contribution is -2.26. The molecule has 0 fully saturated rings. The van der Waals surface area contributed by atoms with E-state index in [0.29, 0.717) is 6.29 Å². The molecule has 0 saturated heterocycles. The van der Waals surface area contributed by atoms with Crippen LogP contribution in [0.15, 0.2) is 0 Å². The summed E-state index contributed by atoms with van der Waals surface area (Å²) in [6.45, 7) is -0.879. The Morgan fingerprint density at radius 1 is 1.10 bits per heavy atom. The van der Waals surface area contributed by atoms with Gasteiger partial charge >= 0.3 is 0 Å². The van der Waals surface area contributed by atoms with Gasteiger partial charge < -0.3 is 20.1 Å². The normalized spacial score (nSPS) is 13.6. The number of hydrogen-bond donors (Lipinski definition) is 3. The molecular weight excluding hydrogens is 136 g/mol. The topological polar surface area (TPSA) is 77.8 Å². The maximum absolute atomic E-state index is 10.1. The molecule has 0 aromatic rings. The predicted octanol–water partition coefficient (Wildman–Crippen LogP) is -1.61. The molecule has 3 N–H and O–H groups in total. The van der Waals surface area contributed by atoms with E-state index in [1.165, 1.54) is 0 Å². The monoisotopic (exact) mass is 148 g/mol. The second kappa shape index (κ2) is 5.34. The molecule has 0 bridgehead atoms. The third-order valence-electron chi connectivity index (χ3n) is 1.46. The number of carbonyl (C=O) groups is 1. The molecule has 10 heavy (non-hydrogen) atoms. The summed E-state index contributed by atoms with van der Waals surface area (Å²) in [6, 6.07) is 0. The molecule has 0 amide bonds. The summed E-state index contributed by atoms with van der Waals surface area (Å²) >= 11 is 0. The summed E-state index contributed by atoms with van der Waals surface area (Å²) in [4.78, 5) is 10.1. The average molecular weight is 148 g/mol. The van der Waals surface area contributed by atoms with E-state index in [9.17, 15) is 4.79 Å². The zero-order valence-electron chi connectivity index (χ0n) is 5.60. The first kappa shape index (κ1) is 9.55. The first-order chi connectivity index (χ1) is 4.79. The Morgan fingerprint density at radius 2 is 1.60 bits per heavy atom. The van der Waals surface area contributed by atoms with Gasteiger partial charge in [0, 0.05) is 25.0 Å². The summed E-state index contributed by atoms with van der Waals surface area (Å²) in [5.74, 6) is -1.17. The van der Waals surface area contributed by atoms with Crippen LogP contribution in [-0.4, -0.2) is 41.4 Å². The van der Waals surface area contributed by atoms with Gasteiger partial charge in [0.25, 0.3) is 0 Å². The first-order valence-electron chi connectivity index (χ1n) is 3.08. The van der Waals surface area contributed by atoms with Gasteiger partial charge in [0.05, 0.1) is 6.61 Å². The highest BCUT2D eigenvalue weighted by molar-refractivity contribution is 5.54. The van der Waals surface area contributed by atoms with Crippen LogP contribution in [0.3, 0.4) is 0 Å². The van der Waals surface area contributed by atoms with Gasteiger partial charge in [-0.2, -0.15) is 0 Å². The number of aldehydes is 1. The van der Waals surface area contributed by atoms with Crippen LogP contribution in [0.2, 0.25) is 0 Å². The van der Waals surface area contributed by atoms with Gasteiger partial charge in [-0.25, -0.2) is 0 Å². The van der Waals surface area contributed by atoms with Gasteiger partial charge in [-0.1, -0.05) is 0 Å². The minimum absolute atomic E-state index is 0.277. The maximum atomic E-state index is 10.1. The molecule has 4 heteroatoms. The Labute approximate surface area is 59.1 Å². The van der Waals surface area contributed by atoms with E-state index in [4.69, 9.17) is 15.3 Å². The zero-order valence-corrected chi connectivity index (χ0v) is 5.60. The molecule has 0 spiro atoms. The number of rotatable bonds is 5. The highest BCUT2D eigenvalue weighted by Crippen LogP contribution is 2.06. The fourth-order valence-corrected chi connectivity index (χ4v) is 0.632. The van der Waals surface area contributed by atoms with Gasteiger partial charge in [-0.05, 0) is 0 Å². The molecule has 1 atom stereocenters. The van der Waals surface area contributed by atoms with E-state index in [1.54, 1.807) is 0 Å². The van der Waals surface area contributed by atoms with E-state index in [-0.39, 0.29) is 19.8 Å². The molecule has 0 aliphatic heterocycles. The molecule has 0 aliphatic rings. The minimum Gasteiger partial charge on any atom is -0.396 e. The van der Waals surface area contributed by atoms with Crippen molar-refractivity contribution in [1.82, 2.24) is 0 Å². The first-order valence-corrected chi connectivity index (χ1v) is 3.08.